The van der Waals surface area contributed by atoms with E-state index in [1.54, 1.807) is 0 Å². The van der Waals surface area contributed by atoms with Gasteiger partial charge in [0.2, 0.25) is 10.0 Å². The molecule has 0 saturated heterocycles. The Morgan fingerprint density at radius 1 is 1.15 bits per heavy atom. The van der Waals surface area contributed by atoms with Crippen molar-refractivity contribution in [2.45, 2.75) is 35.4 Å². The third-order valence-corrected chi connectivity index (χ3v) is 6.62. The number of halogens is 3. The lowest BCUT2D eigenvalue weighted by Gasteiger charge is -2.25. The van der Waals surface area contributed by atoms with Crippen molar-refractivity contribution in [3.05, 3.63) is 28.2 Å². The Labute approximate surface area is 138 Å². The molecule has 112 valence electrons. The summed E-state index contributed by atoms with van der Waals surface area (Å²) in [4.78, 5) is 0.728. The molecule has 0 heterocycles. The number of benzene rings is 1. The second-order valence-corrected chi connectivity index (χ2v) is 8.92. The highest BCUT2D eigenvalue weighted by Crippen LogP contribution is 2.29. The highest BCUT2D eigenvalue weighted by atomic mass is 79.9. The first kappa shape index (κ1) is 16.6. The summed E-state index contributed by atoms with van der Waals surface area (Å²) < 4.78 is 27.0. The summed E-state index contributed by atoms with van der Waals surface area (Å²) in [6, 6.07) is 4.34. The largest absolute Gasteiger partial charge is 0.240 e. The number of hydrogen-bond donors (Lipinski definition) is 1. The van der Waals surface area contributed by atoms with Gasteiger partial charge in [0.25, 0.3) is 0 Å². The van der Waals surface area contributed by atoms with Crippen molar-refractivity contribution in [1.29, 1.82) is 0 Å². The molecule has 0 unspecified atom stereocenters. The van der Waals surface area contributed by atoms with Crippen molar-refractivity contribution in [1.82, 2.24) is 4.72 Å². The van der Waals surface area contributed by atoms with E-state index in [0.29, 0.717) is 22.3 Å². The van der Waals surface area contributed by atoms with Crippen LogP contribution in [0.3, 0.4) is 0 Å². The van der Waals surface area contributed by atoms with Crippen LogP contribution in [0.4, 0.5) is 0 Å². The summed E-state index contributed by atoms with van der Waals surface area (Å²) in [7, 11) is -3.52. The molecule has 1 aliphatic rings. The molecule has 0 bridgehead atoms. The van der Waals surface area contributed by atoms with Gasteiger partial charge in [0, 0.05) is 11.4 Å². The fourth-order valence-electron chi connectivity index (χ4n) is 2.28. The standard InChI is InChI=1S/C13H16BrCl2NO2S/c14-10-3-1-9(2-4-10)8-17-20(18,19)11-5-6-12(15)13(16)7-11/h5-7,9-10,17H,1-4,8H2. The van der Waals surface area contributed by atoms with E-state index in [2.05, 4.69) is 20.7 Å². The van der Waals surface area contributed by atoms with E-state index in [0.717, 1.165) is 25.7 Å². The van der Waals surface area contributed by atoms with Crippen molar-refractivity contribution in [2.24, 2.45) is 5.92 Å². The van der Waals surface area contributed by atoms with Gasteiger partial charge in [-0.3, -0.25) is 0 Å². The Morgan fingerprint density at radius 3 is 2.40 bits per heavy atom. The maximum Gasteiger partial charge on any atom is 0.240 e. The van der Waals surface area contributed by atoms with Gasteiger partial charge in [-0.15, -0.1) is 0 Å². The van der Waals surface area contributed by atoms with Crippen LogP contribution in [0, 0.1) is 5.92 Å². The van der Waals surface area contributed by atoms with Gasteiger partial charge < -0.3 is 0 Å². The SMILES string of the molecule is O=S(=O)(NCC1CCC(Br)CC1)c1ccc(Cl)c(Cl)c1. The molecule has 1 fully saturated rings. The summed E-state index contributed by atoms with van der Waals surface area (Å²) in [5.41, 5.74) is 0. The zero-order valence-electron chi connectivity index (χ0n) is 10.8. The molecule has 0 spiro atoms. The molecule has 0 aliphatic heterocycles. The molecule has 0 atom stereocenters. The molecule has 3 nitrogen and oxygen atoms in total. The topological polar surface area (TPSA) is 46.2 Å². The molecule has 1 aromatic rings. The normalized spacial score (nSPS) is 23.8. The van der Waals surface area contributed by atoms with E-state index in [9.17, 15) is 8.42 Å². The second kappa shape index (κ2) is 6.97. The highest BCUT2D eigenvalue weighted by molar-refractivity contribution is 9.09. The fourth-order valence-corrected chi connectivity index (χ4v) is 4.31. The van der Waals surface area contributed by atoms with Crippen LogP contribution in [-0.2, 0) is 10.0 Å². The summed E-state index contributed by atoms with van der Waals surface area (Å²) in [6.45, 7) is 0.475. The number of hydrogen-bond acceptors (Lipinski definition) is 2. The Hall–Kier alpha value is 0.190. The average molecular weight is 401 g/mol. The van der Waals surface area contributed by atoms with E-state index in [-0.39, 0.29) is 9.92 Å². The van der Waals surface area contributed by atoms with Gasteiger partial charge in [-0.05, 0) is 49.8 Å². The molecule has 20 heavy (non-hydrogen) atoms. The number of rotatable bonds is 4. The first-order chi connectivity index (χ1) is 9.38. The molecule has 0 radical (unpaired) electrons. The second-order valence-electron chi connectivity index (χ2n) is 5.05. The van der Waals surface area contributed by atoms with E-state index in [1.807, 2.05) is 0 Å². The lowest BCUT2D eigenvalue weighted by Crippen LogP contribution is -2.31. The van der Waals surface area contributed by atoms with Crippen LogP contribution >= 0.6 is 39.1 Å². The lowest BCUT2D eigenvalue weighted by atomic mass is 9.89. The Kier molecular flexibility index (Phi) is 5.77. The Morgan fingerprint density at radius 2 is 1.80 bits per heavy atom. The van der Waals surface area contributed by atoms with Crippen LogP contribution < -0.4 is 4.72 Å². The smallest absolute Gasteiger partial charge is 0.211 e. The van der Waals surface area contributed by atoms with E-state index in [4.69, 9.17) is 23.2 Å². The third kappa shape index (κ3) is 4.34. The molecule has 1 N–H and O–H groups in total. The maximum absolute atomic E-state index is 12.2. The number of alkyl halides is 1. The molecule has 7 heteroatoms. The molecule has 1 aliphatic carbocycles. The number of sulfonamides is 1. The minimum atomic E-state index is -3.52. The predicted octanol–water partition coefficient (Wildman–Crippen LogP) is 4.23. The molecule has 1 aromatic carbocycles. The first-order valence-corrected chi connectivity index (χ1v) is 9.63. The Bertz CT molecular complexity index is 572. The number of nitrogens with one attached hydrogen (secondary N) is 1. The summed E-state index contributed by atoms with van der Waals surface area (Å²) in [5.74, 6) is 0.404. The molecule has 0 aromatic heterocycles. The van der Waals surface area contributed by atoms with Gasteiger partial charge in [0.1, 0.15) is 0 Å². The summed E-state index contributed by atoms with van der Waals surface area (Å²) >= 11 is 15.2. The van der Waals surface area contributed by atoms with Crippen LogP contribution in [0.15, 0.2) is 23.1 Å². The minimum absolute atomic E-state index is 0.154. The van der Waals surface area contributed by atoms with Gasteiger partial charge >= 0.3 is 0 Å². The van der Waals surface area contributed by atoms with Gasteiger partial charge in [-0.25, -0.2) is 13.1 Å². The van der Waals surface area contributed by atoms with E-state index >= 15 is 0 Å². The average Bonchev–Trinajstić information content (AvgIpc) is 2.41. The van der Waals surface area contributed by atoms with Crippen molar-refractivity contribution in [2.75, 3.05) is 6.54 Å². The van der Waals surface area contributed by atoms with E-state index < -0.39 is 10.0 Å². The van der Waals surface area contributed by atoms with Gasteiger partial charge in [-0.1, -0.05) is 39.1 Å². The zero-order chi connectivity index (χ0) is 14.8. The monoisotopic (exact) mass is 399 g/mol. The third-order valence-electron chi connectivity index (χ3n) is 3.54. The van der Waals surface area contributed by atoms with Gasteiger partial charge in [0.05, 0.1) is 14.9 Å². The first-order valence-electron chi connectivity index (χ1n) is 6.47. The molecular formula is C13H16BrCl2NO2S. The van der Waals surface area contributed by atoms with Gasteiger partial charge in [-0.2, -0.15) is 0 Å². The van der Waals surface area contributed by atoms with Crippen LogP contribution in [0.5, 0.6) is 0 Å². The summed E-state index contributed by atoms with van der Waals surface area (Å²) in [5, 5.41) is 0.593. The van der Waals surface area contributed by atoms with Crippen molar-refractivity contribution in [3.63, 3.8) is 0 Å². The van der Waals surface area contributed by atoms with Crippen LogP contribution in [0.1, 0.15) is 25.7 Å². The molecule has 2 rings (SSSR count). The zero-order valence-corrected chi connectivity index (χ0v) is 14.7. The molecule has 1 saturated carbocycles. The maximum atomic E-state index is 12.2. The van der Waals surface area contributed by atoms with E-state index in [1.165, 1.54) is 18.2 Å². The highest BCUT2D eigenvalue weighted by Gasteiger charge is 2.22. The van der Waals surface area contributed by atoms with Crippen LogP contribution in [0.2, 0.25) is 10.0 Å². The lowest BCUT2D eigenvalue weighted by molar-refractivity contribution is 0.366. The van der Waals surface area contributed by atoms with Crippen LogP contribution in [0.25, 0.3) is 0 Å². The van der Waals surface area contributed by atoms with Crippen molar-refractivity contribution in [3.8, 4) is 0 Å². The van der Waals surface area contributed by atoms with Crippen LogP contribution in [-0.4, -0.2) is 19.8 Å². The van der Waals surface area contributed by atoms with Crippen molar-refractivity contribution >= 4 is 49.2 Å². The Balaban J connectivity index is 1.98. The summed E-state index contributed by atoms with van der Waals surface area (Å²) in [6.07, 6.45) is 4.28. The van der Waals surface area contributed by atoms with Crippen molar-refractivity contribution < 1.29 is 8.42 Å². The quantitative estimate of drug-likeness (QED) is 0.768. The van der Waals surface area contributed by atoms with Gasteiger partial charge in [0.15, 0.2) is 0 Å². The molecular weight excluding hydrogens is 385 g/mol. The predicted molar refractivity (Wildman–Crippen MR) is 86.3 cm³/mol. The minimum Gasteiger partial charge on any atom is -0.211 e. The molecule has 0 amide bonds. The fraction of sp³-hybridized carbons (Fsp3) is 0.538.